The highest BCUT2D eigenvalue weighted by atomic mass is 35.5. The van der Waals surface area contributed by atoms with E-state index in [0.29, 0.717) is 16.5 Å². The van der Waals surface area contributed by atoms with E-state index in [2.05, 4.69) is 20.8 Å². The number of hydrogen-bond acceptors (Lipinski definition) is 5. The molecule has 26 heavy (non-hydrogen) atoms. The van der Waals surface area contributed by atoms with Crippen molar-refractivity contribution in [3.05, 3.63) is 77.8 Å². The van der Waals surface area contributed by atoms with E-state index < -0.39 is 0 Å². The smallest absolute Gasteiger partial charge is 0.291 e. The zero-order valence-electron chi connectivity index (χ0n) is 13.3. The molecule has 2 aromatic heterocycles. The lowest BCUT2D eigenvalue weighted by molar-refractivity contribution is 0.0997. The summed E-state index contributed by atoms with van der Waals surface area (Å²) in [5.41, 5.74) is 2.18. The average Bonchev–Trinajstić information content (AvgIpc) is 3.35. The van der Waals surface area contributed by atoms with Crippen molar-refractivity contribution in [1.82, 2.24) is 20.2 Å². The number of nitrogens with zero attached hydrogens (tertiary/aromatic N) is 4. The zero-order chi connectivity index (χ0) is 17.9. The second kappa shape index (κ2) is 6.81. The van der Waals surface area contributed by atoms with Gasteiger partial charge in [-0.25, -0.2) is 4.68 Å². The van der Waals surface area contributed by atoms with Crippen molar-refractivity contribution in [2.75, 3.05) is 5.32 Å². The minimum atomic E-state index is -0.348. The van der Waals surface area contributed by atoms with Gasteiger partial charge in [0, 0.05) is 16.3 Å². The molecule has 1 N–H and O–H groups in total. The second-order valence-corrected chi connectivity index (χ2v) is 5.87. The molecule has 4 rings (SSSR count). The molecule has 0 radical (unpaired) electrons. The predicted molar refractivity (Wildman–Crippen MR) is 96.3 cm³/mol. The number of hydrogen-bond donors (Lipinski definition) is 1. The number of aromatic nitrogens is 4. The first kappa shape index (κ1) is 16.0. The van der Waals surface area contributed by atoms with Crippen LogP contribution in [0.3, 0.4) is 0 Å². The van der Waals surface area contributed by atoms with Crippen LogP contribution in [0.25, 0.3) is 17.0 Å². The maximum absolute atomic E-state index is 12.4. The Morgan fingerprint density at radius 3 is 2.69 bits per heavy atom. The first-order chi connectivity index (χ1) is 12.7. The van der Waals surface area contributed by atoms with Gasteiger partial charge in [0.15, 0.2) is 5.76 Å². The molecule has 0 bridgehead atoms. The molecule has 2 aromatic carbocycles. The molecule has 0 fully saturated rings. The highest BCUT2D eigenvalue weighted by Crippen LogP contribution is 2.24. The van der Waals surface area contributed by atoms with Gasteiger partial charge in [-0.05, 0) is 65.0 Å². The van der Waals surface area contributed by atoms with Crippen molar-refractivity contribution in [3.63, 3.8) is 0 Å². The molecule has 0 saturated carbocycles. The van der Waals surface area contributed by atoms with Gasteiger partial charge in [0.05, 0.1) is 5.69 Å². The second-order valence-electron chi connectivity index (χ2n) is 5.43. The van der Waals surface area contributed by atoms with Crippen LogP contribution in [-0.4, -0.2) is 26.1 Å². The Kier molecular flexibility index (Phi) is 4.20. The molecular weight excluding hydrogens is 354 g/mol. The van der Waals surface area contributed by atoms with E-state index in [9.17, 15) is 4.79 Å². The summed E-state index contributed by atoms with van der Waals surface area (Å²) in [6.07, 6.45) is 1.48. The fraction of sp³-hybridized carbons (Fsp3) is 0. The summed E-state index contributed by atoms with van der Waals surface area (Å²) in [6.45, 7) is 0. The summed E-state index contributed by atoms with van der Waals surface area (Å²) in [5.74, 6) is 0.455. The zero-order valence-corrected chi connectivity index (χ0v) is 14.1. The molecular formula is C18H12ClN5O2. The van der Waals surface area contributed by atoms with Crippen LogP contribution in [0.4, 0.5) is 5.69 Å². The van der Waals surface area contributed by atoms with Crippen LogP contribution in [0.5, 0.6) is 0 Å². The molecule has 1 amide bonds. The van der Waals surface area contributed by atoms with E-state index in [0.717, 1.165) is 11.3 Å². The Bertz CT molecular complexity index is 1040. The van der Waals surface area contributed by atoms with Gasteiger partial charge in [0.25, 0.3) is 5.91 Å². The molecule has 0 aliphatic heterocycles. The number of nitrogens with one attached hydrogen (secondary N) is 1. The van der Waals surface area contributed by atoms with Crippen molar-refractivity contribution in [2.45, 2.75) is 0 Å². The number of anilines is 1. The van der Waals surface area contributed by atoms with Crippen LogP contribution in [0.2, 0.25) is 5.02 Å². The number of furan rings is 1. The average molecular weight is 366 g/mol. The first-order valence-corrected chi connectivity index (χ1v) is 8.07. The number of amides is 1. The van der Waals surface area contributed by atoms with Crippen LogP contribution >= 0.6 is 11.6 Å². The fourth-order valence-electron chi connectivity index (χ4n) is 2.43. The Morgan fingerprint density at radius 1 is 1.08 bits per heavy atom. The molecule has 0 atom stereocenters. The lowest BCUT2D eigenvalue weighted by atomic mass is 10.2. The number of tetrazole rings is 1. The summed E-state index contributed by atoms with van der Waals surface area (Å²) in [4.78, 5) is 12.4. The van der Waals surface area contributed by atoms with Crippen molar-refractivity contribution < 1.29 is 9.21 Å². The molecule has 4 aromatic rings. The molecule has 8 heteroatoms. The number of carbonyl (C=O) groups is 1. The SMILES string of the molecule is O=C(Nc1cccc(-n2cnnn2)c1)c1ccc(-c2ccc(Cl)cc2)o1. The number of halogens is 1. The van der Waals surface area contributed by atoms with Gasteiger partial charge in [-0.1, -0.05) is 17.7 Å². The van der Waals surface area contributed by atoms with Gasteiger partial charge in [-0.15, -0.1) is 5.10 Å². The number of carbonyl (C=O) groups excluding carboxylic acids is 1. The van der Waals surface area contributed by atoms with Gasteiger partial charge in [0.1, 0.15) is 12.1 Å². The topological polar surface area (TPSA) is 85.8 Å². The van der Waals surface area contributed by atoms with Crippen molar-refractivity contribution >= 4 is 23.2 Å². The van der Waals surface area contributed by atoms with Crippen LogP contribution in [0, 0.1) is 0 Å². The number of rotatable bonds is 4. The van der Waals surface area contributed by atoms with Gasteiger partial charge >= 0.3 is 0 Å². The van der Waals surface area contributed by atoms with Crippen LogP contribution in [0.15, 0.2) is 71.4 Å². The third-order valence-corrected chi connectivity index (χ3v) is 3.93. The third-order valence-electron chi connectivity index (χ3n) is 3.68. The molecule has 0 spiro atoms. The van der Waals surface area contributed by atoms with E-state index in [1.54, 1.807) is 42.5 Å². The van der Waals surface area contributed by atoms with Gasteiger partial charge in [-0.3, -0.25) is 4.79 Å². The lowest BCUT2D eigenvalue weighted by Crippen LogP contribution is -2.11. The summed E-state index contributed by atoms with van der Waals surface area (Å²) < 4.78 is 7.15. The van der Waals surface area contributed by atoms with Gasteiger partial charge in [-0.2, -0.15) is 0 Å². The normalized spacial score (nSPS) is 10.7. The van der Waals surface area contributed by atoms with E-state index in [1.165, 1.54) is 11.0 Å². The minimum absolute atomic E-state index is 0.211. The van der Waals surface area contributed by atoms with Gasteiger partial charge < -0.3 is 9.73 Å². The molecule has 0 unspecified atom stereocenters. The van der Waals surface area contributed by atoms with E-state index in [-0.39, 0.29) is 11.7 Å². The fourth-order valence-corrected chi connectivity index (χ4v) is 2.55. The standard InChI is InChI=1S/C18H12ClN5O2/c19-13-6-4-12(5-7-13)16-8-9-17(26-16)18(25)21-14-2-1-3-15(10-14)24-11-20-22-23-24/h1-11H,(H,21,25). The minimum Gasteiger partial charge on any atom is -0.451 e. The first-order valence-electron chi connectivity index (χ1n) is 7.69. The molecule has 2 heterocycles. The summed E-state index contributed by atoms with van der Waals surface area (Å²) in [7, 11) is 0. The number of benzene rings is 2. The molecule has 0 saturated heterocycles. The van der Waals surface area contributed by atoms with Crippen LogP contribution in [-0.2, 0) is 0 Å². The van der Waals surface area contributed by atoms with Crippen molar-refractivity contribution in [3.8, 4) is 17.0 Å². The summed E-state index contributed by atoms with van der Waals surface area (Å²) in [6, 6.07) is 17.7. The van der Waals surface area contributed by atoms with E-state index >= 15 is 0 Å². The maximum atomic E-state index is 12.4. The largest absolute Gasteiger partial charge is 0.451 e. The molecule has 7 nitrogen and oxygen atoms in total. The summed E-state index contributed by atoms with van der Waals surface area (Å²) >= 11 is 5.89. The Balaban J connectivity index is 1.52. The molecule has 0 aliphatic carbocycles. The van der Waals surface area contributed by atoms with Crippen molar-refractivity contribution in [1.29, 1.82) is 0 Å². The Morgan fingerprint density at radius 2 is 1.92 bits per heavy atom. The molecule has 0 aliphatic rings. The lowest BCUT2D eigenvalue weighted by Gasteiger charge is -2.05. The third kappa shape index (κ3) is 3.33. The van der Waals surface area contributed by atoms with Crippen LogP contribution < -0.4 is 5.32 Å². The predicted octanol–water partition coefficient (Wildman–Crippen LogP) is 3.83. The maximum Gasteiger partial charge on any atom is 0.291 e. The highest BCUT2D eigenvalue weighted by molar-refractivity contribution is 6.30. The van der Waals surface area contributed by atoms with E-state index in [4.69, 9.17) is 16.0 Å². The van der Waals surface area contributed by atoms with E-state index in [1.807, 2.05) is 18.2 Å². The monoisotopic (exact) mass is 365 g/mol. The quantitative estimate of drug-likeness (QED) is 0.594. The van der Waals surface area contributed by atoms with Gasteiger partial charge in [0.2, 0.25) is 0 Å². The highest BCUT2D eigenvalue weighted by Gasteiger charge is 2.13. The van der Waals surface area contributed by atoms with Crippen LogP contribution in [0.1, 0.15) is 10.6 Å². The summed E-state index contributed by atoms with van der Waals surface area (Å²) in [5, 5.41) is 14.5. The van der Waals surface area contributed by atoms with Crippen molar-refractivity contribution in [2.24, 2.45) is 0 Å². The Hall–Kier alpha value is -3.45. The molecule has 128 valence electrons. The Labute approximate surface area is 153 Å².